The Morgan fingerprint density at radius 2 is 1.61 bits per heavy atom. The molecule has 4 saturated carbocycles. The number of carbonyl (C=O) groups excluding carboxylic acids is 3. The van der Waals surface area contributed by atoms with Crippen molar-refractivity contribution in [1.82, 2.24) is 0 Å². The second-order valence-corrected chi connectivity index (χ2v) is 17.4. The smallest absolute Gasteiger partial charge is 0.302 e. The summed E-state index contributed by atoms with van der Waals surface area (Å²) in [7, 11) is 0. The Kier molecular flexibility index (Phi) is 7.50. The van der Waals surface area contributed by atoms with Gasteiger partial charge >= 0.3 is 5.97 Å². The first-order chi connectivity index (χ1) is 21.3. The number of allylic oxidation sites excluding steroid dienone is 2. The zero-order valence-corrected chi connectivity index (χ0v) is 29.0. The second-order valence-electron chi connectivity index (χ2n) is 17.4. The topological polar surface area (TPSA) is 116 Å². The van der Waals surface area contributed by atoms with Crippen molar-refractivity contribution in [1.29, 1.82) is 0 Å². The summed E-state index contributed by atoms with van der Waals surface area (Å²) in [5.74, 6) is 0.0107. The molecule has 1 N–H and O–H groups in total. The van der Waals surface area contributed by atoms with Crippen molar-refractivity contribution in [2.24, 2.45) is 50.2 Å². The first-order valence-electron chi connectivity index (χ1n) is 17.3. The molecular formula is C38H52N2O6. The number of amides is 1. The molecule has 46 heavy (non-hydrogen) atoms. The van der Waals surface area contributed by atoms with E-state index in [2.05, 4.69) is 46.9 Å². The number of hydrogen-bond acceptors (Lipinski definition) is 6. The molecule has 4 fully saturated rings. The molecule has 6 rings (SSSR count). The Balaban J connectivity index is 1.35. The molecule has 1 aromatic rings. The van der Waals surface area contributed by atoms with Crippen LogP contribution in [0.2, 0.25) is 0 Å². The number of carbonyl (C=O) groups is 3. The molecule has 0 heterocycles. The molecular weight excluding hydrogens is 580 g/mol. The maximum Gasteiger partial charge on any atom is 0.302 e. The van der Waals surface area contributed by atoms with Crippen LogP contribution in [0.25, 0.3) is 0 Å². The maximum absolute atomic E-state index is 14.7. The Hall–Kier alpha value is -3.03. The van der Waals surface area contributed by atoms with E-state index in [1.54, 1.807) is 18.2 Å². The lowest BCUT2D eigenvalue weighted by Gasteiger charge is -2.70. The number of rotatable bonds is 4. The third-order valence-electron chi connectivity index (χ3n) is 14.7. The van der Waals surface area contributed by atoms with Gasteiger partial charge in [-0.15, -0.1) is 0 Å². The van der Waals surface area contributed by atoms with Gasteiger partial charge in [0, 0.05) is 29.7 Å². The summed E-state index contributed by atoms with van der Waals surface area (Å²) in [6.45, 7) is 17.4. The predicted octanol–water partition coefficient (Wildman–Crippen LogP) is 8.45. The number of nitrogens with zero attached hydrogens (tertiary/aromatic N) is 1. The van der Waals surface area contributed by atoms with Gasteiger partial charge in [-0.05, 0) is 103 Å². The maximum atomic E-state index is 14.7. The molecule has 1 aromatic carbocycles. The summed E-state index contributed by atoms with van der Waals surface area (Å²) in [6.07, 6.45) is 9.65. The van der Waals surface area contributed by atoms with Gasteiger partial charge in [0.15, 0.2) is 5.78 Å². The number of esters is 1. The van der Waals surface area contributed by atoms with Crippen molar-refractivity contribution in [2.45, 2.75) is 119 Å². The highest BCUT2D eigenvalue weighted by Crippen LogP contribution is 2.75. The number of ether oxygens (including phenoxy) is 1. The highest BCUT2D eigenvalue weighted by atomic mass is 16.6. The van der Waals surface area contributed by atoms with Gasteiger partial charge in [0.25, 0.3) is 5.69 Å². The Bertz CT molecular complexity index is 1530. The van der Waals surface area contributed by atoms with E-state index in [1.165, 1.54) is 18.6 Å². The number of ketones is 1. The minimum absolute atomic E-state index is 0.0153. The van der Waals surface area contributed by atoms with Gasteiger partial charge in [0.1, 0.15) is 11.8 Å². The van der Waals surface area contributed by atoms with Gasteiger partial charge in [-0.1, -0.05) is 66.2 Å². The van der Waals surface area contributed by atoms with Crippen LogP contribution in [0.3, 0.4) is 0 Å². The van der Waals surface area contributed by atoms with Gasteiger partial charge in [0.05, 0.1) is 4.92 Å². The number of hydrogen-bond donors (Lipinski definition) is 1. The highest BCUT2D eigenvalue weighted by molar-refractivity contribution is 5.98. The van der Waals surface area contributed by atoms with Crippen LogP contribution in [0.15, 0.2) is 35.9 Å². The molecule has 1 amide bonds. The molecule has 8 nitrogen and oxygen atoms in total. The van der Waals surface area contributed by atoms with Crippen molar-refractivity contribution in [3.63, 3.8) is 0 Å². The van der Waals surface area contributed by atoms with Crippen molar-refractivity contribution in [3.05, 3.63) is 46.0 Å². The monoisotopic (exact) mass is 632 g/mol. The summed E-state index contributed by atoms with van der Waals surface area (Å²) in [4.78, 5) is 51.8. The molecule has 9 atom stereocenters. The zero-order chi connectivity index (χ0) is 33.7. The van der Waals surface area contributed by atoms with Crippen molar-refractivity contribution in [2.75, 3.05) is 5.32 Å². The summed E-state index contributed by atoms with van der Waals surface area (Å²) in [6, 6.07) is 6.30. The van der Waals surface area contributed by atoms with Crippen LogP contribution >= 0.6 is 0 Å². The van der Waals surface area contributed by atoms with E-state index >= 15 is 0 Å². The van der Waals surface area contributed by atoms with E-state index in [1.807, 2.05) is 13.0 Å². The number of benzene rings is 1. The summed E-state index contributed by atoms with van der Waals surface area (Å²) in [5, 5.41) is 14.6. The van der Waals surface area contributed by atoms with Crippen molar-refractivity contribution >= 4 is 29.0 Å². The van der Waals surface area contributed by atoms with E-state index in [0.29, 0.717) is 12.8 Å². The van der Waals surface area contributed by atoms with E-state index in [-0.39, 0.29) is 80.0 Å². The summed E-state index contributed by atoms with van der Waals surface area (Å²) in [5.41, 5.74) is -0.263. The molecule has 5 aliphatic rings. The van der Waals surface area contributed by atoms with Crippen LogP contribution < -0.4 is 5.32 Å². The van der Waals surface area contributed by atoms with Gasteiger partial charge in [-0.25, -0.2) is 0 Å². The molecule has 0 spiro atoms. The summed E-state index contributed by atoms with van der Waals surface area (Å²) < 4.78 is 5.86. The first kappa shape index (κ1) is 32.9. The van der Waals surface area contributed by atoms with Crippen LogP contribution in [-0.4, -0.2) is 28.7 Å². The molecule has 250 valence electrons. The average molecular weight is 633 g/mol. The minimum Gasteiger partial charge on any atom is -0.462 e. The average Bonchev–Trinajstić information content (AvgIpc) is 2.96. The van der Waals surface area contributed by atoms with Crippen LogP contribution in [0.5, 0.6) is 0 Å². The molecule has 8 heteroatoms. The van der Waals surface area contributed by atoms with E-state index in [9.17, 15) is 24.5 Å². The van der Waals surface area contributed by atoms with Gasteiger partial charge < -0.3 is 10.1 Å². The normalized spacial score (nSPS) is 42.7. The number of nitrogens with one attached hydrogen (secondary N) is 1. The fourth-order valence-electron chi connectivity index (χ4n) is 11.8. The van der Waals surface area contributed by atoms with Crippen LogP contribution in [0.1, 0.15) is 113 Å². The third-order valence-corrected chi connectivity index (χ3v) is 14.7. The number of para-hydroxylation sites is 2. The van der Waals surface area contributed by atoms with Gasteiger partial charge in [-0.2, -0.15) is 0 Å². The van der Waals surface area contributed by atoms with E-state index in [4.69, 9.17) is 4.74 Å². The number of nitro groups is 1. The number of fused-ring (bicyclic) bond motifs is 7. The lowest BCUT2D eigenvalue weighted by molar-refractivity contribution is -0.383. The van der Waals surface area contributed by atoms with Gasteiger partial charge in [-0.3, -0.25) is 24.5 Å². The first-order valence-corrected chi connectivity index (χ1v) is 17.3. The molecule has 0 aliphatic heterocycles. The molecule has 0 radical (unpaired) electrons. The fraction of sp³-hybridized carbons (Fsp3) is 0.711. The SMILES string of the molecule is CC(=O)OC1CCC2(C)C(CCC3(C)C2C(=O)C=C2C4CC(C)(C(=O)Nc5ccccc5[N+](=O)[O-])CCC4(C)CCC23C)C1(C)C. The Labute approximate surface area is 273 Å². The van der Waals surface area contributed by atoms with Crippen LogP contribution in [0, 0.1) is 60.4 Å². The van der Waals surface area contributed by atoms with Crippen molar-refractivity contribution < 1.29 is 24.0 Å². The largest absolute Gasteiger partial charge is 0.462 e. The zero-order valence-electron chi connectivity index (χ0n) is 29.0. The summed E-state index contributed by atoms with van der Waals surface area (Å²) >= 11 is 0. The lowest BCUT2D eigenvalue weighted by atomic mass is 9.33. The highest BCUT2D eigenvalue weighted by Gasteiger charge is 2.70. The van der Waals surface area contributed by atoms with E-state index in [0.717, 1.165) is 44.9 Å². The van der Waals surface area contributed by atoms with Crippen LogP contribution in [-0.2, 0) is 19.1 Å². The molecule has 0 saturated heterocycles. The molecule has 0 aromatic heterocycles. The fourth-order valence-corrected chi connectivity index (χ4v) is 11.8. The van der Waals surface area contributed by atoms with Crippen LogP contribution in [0.4, 0.5) is 11.4 Å². The van der Waals surface area contributed by atoms with E-state index < -0.39 is 10.3 Å². The predicted molar refractivity (Wildman–Crippen MR) is 177 cm³/mol. The Morgan fingerprint density at radius 1 is 0.935 bits per heavy atom. The quantitative estimate of drug-likeness (QED) is 0.202. The lowest BCUT2D eigenvalue weighted by Crippen LogP contribution is -2.66. The Morgan fingerprint density at radius 3 is 2.28 bits per heavy atom. The standard InChI is InChI=1S/C38H52N2O6/c1-23(41)46-30-14-15-36(6)29(33(30,2)3)13-16-38(8)31(36)28(42)21-24-25-22-35(5,18-17-34(25,4)19-20-37(24,38)7)32(43)39-26-11-9-10-12-27(26)40(44)45/h9-12,21,25,29-31H,13-20,22H2,1-8H3,(H,39,43). The van der Waals surface area contributed by atoms with Gasteiger partial charge in [0.2, 0.25) is 5.91 Å². The molecule has 5 aliphatic carbocycles. The minimum atomic E-state index is -0.726. The second kappa shape index (κ2) is 10.5. The molecule has 9 unspecified atom stereocenters. The number of nitro benzene ring substituents is 1. The van der Waals surface area contributed by atoms with Crippen molar-refractivity contribution in [3.8, 4) is 0 Å². The number of anilines is 1. The third kappa shape index (κ3) is 4.55. The molecule has 0 bridgehead atoms.